The van der Waals surface area contributed by atoms with Crippen LogP contribution in [-0.4, -0.2) is 45.1 Å². The minimum Gasteiger partial charge on any atom is -0.359 e. The molecule has 0 aliphatic heterocycles. The van der Waals surface area contributed by atoms with Crippen molar-refractivity contribution in [1.29, 1.82) is 0 Å². The lowest BCUT2D eigenvalue weighted by Crippen LogP contribution is -2.37. The summed E-state index contributed by atoms with van der Waals surface area (Å²) in [7, 11) is -2.29. The fraction of sp³-hybridized carbons (Fsp3) is 0.267. The zero-order valence-corrected chi connectivity index (χ0v) is 15.7. The van der Waals surface area contributed by atoms with Crippen LogP contribution in [0.15, 0.2) is 30.5 Å². The van der Waals surface area contributed by atoms with Crippen LogP contribution >= 0.6 is 11.3 Å². The number of likely N-dealkylation sites (N-methyl/N-ethyl adjacent to an activating group) is 1. The van der Waals surface area contributed by atoms with Gasteiger partial charge in [0.1, 0.15) is 12.4 Å². The maximum absolute atomic E-state index is 13.4. The number of carbonyl (C=O) groups excluding carboxylic acids is 2. The number of hydrogen-bond donors (Lipinski definition) is 2. The minimum atomic E-state index is -3.80. The molecule has 0 atom stereocenters. The van der Waals surface area contributed by atoms with E-state index in [1.807, 2.05) is 0 Å². The van der Waals surface area contributed by atoms with Crippen molar-refractivity contribution in [2.24, 2.45) is 0 Å². The van der Waals surface area contributed by atoms with E-state index in [1.165, 1.54) is 31.4 Å². The molecule has 26 heavy (non-hydrogen) atoms. The first-order valence-corrected chi connectivity index (χ1v) is 10.0. The Morgan fingerprint density at radius 3 is 2.65 bits per heavy atom. The lowest BCUT2D eigenvalue weighted by Gasteiger charge is -2.21. The van der Waals surface area contributed by atoms with Gasteiger partial charge in [0.25, 0.3) is 0 Å². The molecule has 0 radical (unpaired) electrons. The van der Waals surface area contributed by atoms with Crippen LogP contribution in [0.1, 0.15) is 4.88 Å². The fourth-order valence-electron chi connectivity index (χ4n) is 2.01. The standard InChI is InChI=1S/C15H17FN4O4S2/c1-17-13(21)7-12-8-18-15(25-12)19-14(22)9-20(26(2,23)24)11-5-3-4-10(16)6-11/h3-6,8H,7,9H2,1-2H3,(H,17,21)(H,18,19,22). The molecule has 1 aromatic heterocycles. The Bertz CT molecular complexity index is 914. The van der Waals surface area contributed by atoms with Gasteiger partial charge in [-0.3, -0.25) is 13.9 Å². The molecule has 0 bridgehead atoms. The Balaban J connectivity index is 2.10. The molecule has 8 nitrogen and oxygen atoms in total. The van der Waals surface area contributed by atoms with Crippen molar-refractivity contribution in [3.63, 3.8) is 0 Å². The summed E-state index contributed by atoms with van der Waals surface area (Å²) in [4.78, 5) is 28.1. The van der Waals surface area contributed by atoms with Gasteiger partial charge in [-0.2, -0.15) is 0 Å². The van der Waals surface area contributed by atoms with E-state index in [2.05, 4.69) is 15.6 Å². The molecule has 0 aliphatic rings. The minimum absolute atomic E-state index is 0.0436. The predicted octanol–water partition coefficient (Wildman–Crippen LogP) is 0.975. The van der Waals surface area contributed by atoms with Gasteiger partial charge in [-0.1, -0.05) is 6.07 Å². The Morgan fingerprint density at radius 2 is 2.04 bits per heavy atom. The fourth-order valence-corrected chi connectivity index (χ4v) is 3.69. The SMILES string of the molecule is CNC(=O)Cc1cnc(NC(=O)CN(c2cccc(F)c2)S(C)(=O)=O)s1. The number of thiazole rings is 1. The zero-order valence-electron chi connectivity index (χ0n) is 14.0. The Labute approximate surface area is 154 Å². The number of benzene rings is 1. The summed E-state index contributed by atoms with van der Waals surface area (Å²) < 4.78 is 38.1. The highest BCUT2D eigenvalue weighted by atomic mass is 32.2. The summed E-state index contributed by atoms with van der Waals surface area (Å²) in [6.45, 7) is -0.535. The first-order valence-electron chi connectivity index (χ1n) is 7.37. The summed E-state index contributed by atoms with van der Waals surface area (Å²) in [5.74, 6) is -1.45. The number of hydrogen-bond acceptors (Lipinski definition) is 6. The molecule has 1 aromatic carbocycles. The smallest absolute Gasteiger partial charge is 0.246 e. The van der Waals surface area contributed by atoms with E-state index in [-0.39, 0.29) is 23.1 Å². The summed E-state index contributed by atoms with van der Waals surface area (Å²) in [6.07, 6.45) is 2.51. The summed E-state index contributed by atoms with van der Waals surface area (Å²) in [6, 6.07) is 4.95. The van der Waals surface area contributed by atoms with Crippen molar-refractivity contribution in [2.75, 3.05) is 29.5 Å². The predicted molar refractivity (Wildman–Crippen MR) is 97.1 cm³/mol. The number of nitrogens with zero attached hydrogens (tertiary/aromatic N) is 2. The molecule has 1 heterocycles. The number of sulfonamides is 1. The molecule has 0 saturated carbocycles. The van der Waals surface area contributed by atoms with Crippen LogP contribution in [0.3, 0.4) is 0 Å². The highest BCUT2D eigenvalue weighted by Gasteiger charge is 2.22. The van der Waals surface area contributed by atoms with Crippen molar-refractivity contribution in [1.82, 2.24) is 10.3 Å². The van der Waals surface area contributed by atoms with Crippen molar-refractivity contribution >= 4 is 44.0 Å². The zero-order chi connectivity index (χ0) is 19.3. The molecule has 2 N–H and O–H groups in total. The molecule has 0 fully saturated rings. The number of halogens is 1. The molecular weight excluding hydrogens is 383 g/mol. The number of anilines is 2. The largest absolute Gasteiger partial charge is 0.359 e. The second-order valence-electron chi connectivity index (χ2n) is 5.28. The summed E-state index contributed by atoms with van der Waals surface area (Å²) in [5, 5.41) is 5.19. The van der Waals surface area contributed by atoms with Gasteiger partial charge >= 0.3 is 0 Å². The van der Waals surface area contributed by atoms with Crippen LogP contribution in [0.2, 0.25) is 0 Å². The van der Waals surface area contributed by atoms with E-state index < -0.39 is 28.3 Å². The molecule has 11 heteroatoms. The van der Waals surface area contributed by atoms with Crippen molar-refractivity contribution in [3.8, 4) is 0 Å². The van der Waals surface area contributed by atoms with Crippen LogP contribution in [0, 0.1) is 5.82 Å². The van der Waals surface area contributed by atoms with E-state index in [0.717, 1.165) is 28.0 Å². The number of rotatable bonds is 7. The molecule has 0 spiro atoms. The highest BCUT2D eigenvalue weighted by Crippen LogP contribution is 2.21. The Hall–Kier alpha value is -2.53. The van der Waals surface area contributed by atoms with Gasteiger partial charge < -0.3 is 10.6 Å². The Morgan fingerprint density at radius 1 is 1.31 bits per heavy atom. The lowest BCUT2D eigenvalue weighted by molar-refractivity contribution is -0.120. The maximum Gasteiger partial charge on any atom is 0.246 e. The normalized spacial score (nSPS) is 11.0. The molecule has 2 rings (SSSR count). The molecule has 2 aromatic rings. The van der Waals surface area contributed by atoms with E-state index in [9.17, 15) is 22.4 Å². The second kappa shape index (κ2) is 8.23. The van der Waals surface area contributed by atoms with Crippen molar-refractivity contribution in [2.45, 2.75) is 6.42 Å². The third-order valence-corrected chi connectivity index (χ3v) is 5.25. The van der Waals surface area contributed by atoms with Crippen LogP contribution in [-0.2, 0) is 26.0 Å². The third kappa shape index (κ3) is 5.49. The van der Waals surface area contributed by atoms with Gasteiger partial charge in [-0.05, 0) is 18.2 Å². The number of aromatic nitrogens is 1. The summed E-state index contributed by atoms with van der Waals surface area (Å²) in [5.41, 5.74) is 0.0436. The van der Waals surface area contributed by atoms with E-state index in [1.54, 1.807) is 0 Å². The summed E-state index contributed by atoms with van der Waals surface area (Å²) >= 11 is 1.11. The van der Waals surface area contributed by atoms with Gasteiger partial charge in [0, 0.05) is 18.1 Å². The number of carbonyl (C=O) groups is 2. The monoisotopic (exact) mass is 400 g/mol. The third-order valence-electron chi connectivity index (χ3n) is 3.20. The van der Waals surface area contributed by atoms with Crippen LogP contribution in [0.25, 0.3) is 0 Å². The Kier molecular flexibility index (Phi) is 6.27. The first-order chi connectivity index (χ1) is 12.2. The second-order valence-corrected chi connectivity index (χ2v) is 8.30. The van der Waals surface area contributed by atoms with Crippen LogP contribution < -0.4 is 14.9 Å². The average Bonchev–Trinajstić information content (AvgIpc) is 2.98. The highest BCUT2D eigenvalue weighted by molar-refractivity contribution is 7.92. The number of nitrogens with one attached hydrogen (secondary N) is 2. The van der Waals surface area contributed by atoms with E-state index >= 15 is 0 Å². The van der Waals surface area contributed by atoms with Gasteiger partial charge in [-0.25, -0.2) is 17.8 Å². The first kappa shape index (κ1) is 19.8. The van der Waals surface area contributed by atoms with Gasteiger partial charge in [0.05, 0.1) is 18.4 Å². The quantitative estimate of drug-likeness (QED) is 0.720. The van der Waals surface area contributed by atoms with Crippen LogP contribution in [0.5, 0.6) is 0 Å². The number of amides is 2. The van der Waals surface area contributed by atoms with E-state index in [4.69, 9.17) is 0 Å². The molecule has 140 valence electrons. The molecular formula is C15H17FN4O4S2. The molecule has 2 amide bonds. The topological polar surface area (TPSA) is 108 Å². The van der Waals surface area contributed by atoms with Gasteiger partial charge in [-0.15, -0.1) is 11.3 Å². The molecule has 0 unspecified atom stereocenters. The average molecular weight is 400 g/mol. The van der Waals surface area contributed by atoms with E-state index in [0.29, 0.717) is 4.88 Å². The maximum atomic E-state index is 13.4. The lowest BCUT2D eigenvalue weighted by atomic mass is 10.3. The molecule has 0 saturated heterocycles. The van der Waals surface area contributed by atoms with Gasteiger partial charge in [0.2, 0.25) is 21.8 Å². The van der Waals surface area contributed by atoms with Gasteiger partial charge in [0.15, 0.2) is 5.13 Å². The molecule has 0 aliphatic carbocycles. The van der Waals surface area contributed by atoms with Crippen LogP contribution in [0.4, 0.5) is 15.2 Å². The van der Waals surface area contributed by atoms with Crippen molar-refractivity contribution < 1.29 is 22.4 Å². The van der Waals surface area contributed by atoms with Crippen molar-refractivity contribution in [3.05, 3.63) is 41.2 Å².